The second-order valence-electron chi connectivity index (χ2n) is 5.61. The molecule has 0 bridgehead atoms. The number of benzene rings is 2. The highest BCUT2D eigenvalue weighted by Crippen LogP contribution is 2.50. The summed E-state index contributed by atoms with van der Waals surface area (Å²) in [4.78, 5) is 0. The zero-order chi connectivity index (χ0) is 21.4. The van der Waals surface area contributed by atoms with Crippen molar-refractivity contribution in [3.8, 4) is 28.7 Å². The molecule has 0 heterocycles. The first kappa shape index (κ1) is 22.6. The zero-order valence-corrected chi connectivity index (χ0v) is 18.1. The maximum Gasteiger partial charge on any atom is 0.529 e. The average molecular weight is 424 g/mol. The molecule has 0 radical (unpaired) electrons. The maximum absolute atomic E-state index is 12.3. The lowest BCUT2D eigenvalue weighted by Crippen LogP contribution is -1.99. The van der Waals surface area contributed by atoms with Gasteiger partial charge in [0.15, 0.2) is 23.0 Å². The molecule has 2 rings (SSSR count). The smallest absolute Gasteiger partial charge is 0.493 e. The van der Waals surface area contributed by atoms with E-state index in [9.17, 15) is 4.57 Å². The van der Waals surface area contributed by atoms with E-state index in [0.717, 1.165) is 11.1 Å². The molecule has 2 aromatic carbocycles. The Kier molecular flexibility index (Phi) is 7.96. The molecular weight excluding hydrogens is 399 g/mol. The Bertz CT molecular complexity index is 876. The van der Waals surface area contributed by atoms with Gasteiger partial charge in [0.1, 0.15) is 0 Å². The molecule has 0 saturated carbocycles. The molecule has 0 N–H and O–H groups in total. The second kappa shape index (κ2) is 10.2. The summed E-state index contributed by atoms with van der Waals surface area (Å²) >= 11 is 0. The highest BCUT2D eigenvalue weighted by Gasteiger charge is 2.26. The van der Waals surface area contributed by atoms with Gasteiger partial charge in [-0.3, -0.25) is 9.05 Å². The van der Waals surface area contributed by atoms with E-state index >= 15 is 0 Å². The molecule has 158 valence electrons. The van der Waals surface area contributed by atoms with E-state index in [1.165, 1.54) is 21.3 Å². The number of ether oxygens (including phenoxy) is 4. The van der Waals surface area contributed by atoms with Gasteiger partial charge in [0.05, 0.1) is 28.4 Å². The van der Waals surface area contributed by atoms with Crippen molar-refractivity contribution in [3.05, 3.63) is 41.5 Å². The molecule has 0 fully saturated rings. The molecule has 0 saturated heterocycles. The van der Waals surface area contributed by atoms with Crippen LogP contribution >= 0.6 is 7.82 Å². The van der Waals surface area contributed by atoms with E-state index in [4.69, 9.17) is 32.5 Å². The largest absolute Gasteiger partial charge is 0.529 e. The monoisotopic (exact) mass is 424 g/mol. The quantitative estimate of drug-likeness (QED) is 0.402. The van der Waals surface area contributed by atoms with Crippen LogP contribution in [0.3, 0.4) is 0 Å². The second-order valence-corrected chi connectivity index (χ2v) is 7.41. The summed E-state index contributed by atoms with van der Waals surface area (Å²) < 4.78 is 48.7. The van der Waals surface area contributed by atoms with Crippen molar-refractivity contribution in [2.75, 3.05) is 42.7 Å². The number of phosphoric ester groups is 1. The van der Waals surface area contributed by atoms with Crippen molar-refractivity contribution in [2.45, 2.75) is 0 Å². The maximum atomic E-state index is 12.3. The summed E-state index contributed by atoms with van der Waals surface area (Å²) in [6.07, 6.45) is 3.71. The van der Waals surface area contributed by atoms with Crippen LogP contribution in [0.1, 0.15) is 11.1 Å². The SMILES string of the molecule is COc1ccc(/C=C\c2cc(OC)c(OC)c(OC)c2)cc1OP(=O)(OC)OC. The van der Waals surface area contributed by atoms with Crippen LogP contribution in [-0.4, -0.2) is 42.7 Å². The molecular formula is C20H25O8P. The molecule has 8 nitrogen and oxygen atoms in total. The first-order chi connectivity index (χ1) is 13.9. The third-order valence-electron chi connectivity index (χ3n) is 4.00. The number of rotatable bonds is 10. The van der Waals surface area contributed by atoms with Gasteiger partial charge in [0, 0.05) is 14.2 Å². The minimum atomic E-state index is -3.72. The summed E-state index contributed by atoms with van der Waals surface area (Å²) in [5, 5.41) is 0. The third-order valence-corrected chi connectivity index (χ3v) is 5.32. The van der Waals surface area contributed by atoms with Crippen molar-refractivity contribution in [3.63, 3.8) is 0 Å². The summed E-state index contributed by atoms with van der Waals surface area (Å²) in [6.45, 7) is 0. The first-order valence-corrected chi connectivity index (χ1v) is 9.96. The lowest BCUT2D eigenvalue weighted by atomic mass is 10.1. The number of hydrogen-bond acceptors (Lipinski definition) is 8. The van der Waals surface area contributed by atoms with E-state index < -0.39 is 7.82 Å². The van der Waals surface area contributed by atoms with Gasteiger partial charge in [-0.1, -0.05) is 18.2 Å². The van der Waals surface area contributed by atoms with Crippen LogP contribution < -0.4 is 23.5 Å². The van der Waals surface area contributed by atoms with Gasteiger partial charge in [-0.05, 0) is 35.4 Å². The Morgan fingerprint density at radius 2 is 1.17 bits per heavy atom. The van der Waals surface area contributed by atoms with Crippen LogP contribution in [-0.2, 0) is 13.6 Å². The number of phosphoric acid groups is 1. The molecule has 0 unspecified atom stereocenters. The molecule has 0 aliphatic rings. The molecule has 29 heavy (non-hydrogen) atoms. The molecule has 0 atom stereocenters. The van der Waals surface area contributed by atoms with Crippen LogP contribution in [0.15, 0.2) is 30.3 Å². The summed E-state index contributed by atoms with van der Waals surface area (Å²) in [6, 6.07) is 8.83. The molecule has 0 aromatic heterocycles. The molecule has 0 aliphatic heterocycles. The lowest BCUT2D eigenvalue weighted by Gasteiger charge is -2.16. The average Bonchev–Trinajstić information content (AvgIpc) is 2.76. The summed E-state index contributed by atoms with van der Waals surface area (Å²) in [7, 11) is 4.91. The topological polar surface area (TPSA) is 81.7 Å². The normalized spacial score (nSPS) is 11.4. The third kappa shape index (κ3) is 5.44. The van der Waals surface area contributed by atoms with Crippen molar-refractivity contribution < 1.29 is 37.1 Å². The van der Waals surface area contributed by atoms with E-state index in [0.29, 0.717) is 23.0 Å². The van der Waals surface area contributed by atoms with Crippen LogP contribution in [0.5, 0.6) is 28.7 Å². The van der Waals surface area contributed by atoms with Gasteiger partial charge in [-0.2, -0.15) is 0 Å². The molecule has 0 spiro atoms. The number of methoxy groups -OCH3 is 4. The van der Waals surface area contributed by atoms with E-state index in [1.807, 2.05) is 30.4 Å². The Morgan fingerprint density at radius 3 is 1.66 bits per heavy atom. The van der Waals surface area contributed by atoms with Crippen LogP contribution in [0.4, 0.5) is 0 Å². The minimum absolute atomic E-state index is 0.228. The molecule has 0 aliphatic carbocycles. The zero-order valence-electron chi connectivity index (χ0n) is 17.3. The fraction of sp³-hybridized carbons (Fsp3) is 0.300. The molecule has 0 amide bonds. The van der Waals surface area contributed by atoms with Gasteiger partial charge >= 0.3 is 7.82 Å². The predicted molar refractivity (Wildman–Crippen MR) is 110 cm³/mol. The Hall–Kier alpha value is -2.67. The van der Waals surface area contributed by atoms with Crippen molar-refractivity contribution in [1.82, 2.24) is 0 Å². The van der Waals surface area contributed by atoms with Gasteiger partial charge in [-0.25, -0.2) is 4.57 Å². The van der Waals surface area contributed by atoms with Crippen molar-refractivity contribution >= 4 is 20.0 Å². The van der Waals surface area contributed by atoms with Crippen LogP contribution in [0.25, 0.3) is 12.2 Å². The summed E-state index contributed by atoms with van der Waals surface area (Å²) in [5.74, 6) is 2.23. The fourth-order valence-corrected chi connectivity index (χ4v) is 3.21. The van der Waals surface area contributed by atoms with Gasteiger partial charge in [-0.15, -0.1) is 0 Å². The van der Waals surface area contributed by atoms with Crippen molar-refractivity contribution in [2.24, 2.45) is 0 Å². The van der Waals surface area contributed by atoms with E-state index in [1.54, 1.807) is 33.5 Å². The molecule has 2 aromatic rings. The fourth-order valence-electron chi connectivity index (χ4n) is 2.53. The van der Waals surface area contributed by atoms with Crippen LogP contribution in [0, 0.1) is 0 Å². The minimum Gasteiger partial charge on any atom is -0.493 e. The Balaban J connectivity index is 2.38. The van der Waals surface area contributed by atoms with E-state index in [-0.39, 0.29) is 5.75 Å². The Labute approximate surface area is 170 Å². The lowest BCUT2D eigenvalue weighted by molar-refractivity contribution is 0.208. The van der Waals surface area contributed by atoms with Gasteiger partial charge < -0.3 is 23.5 Å². The molecule has 9 heteroatoms. The standard InChI is InChI=1S/C20H25O8P/c1-22-16-10-9-14(11-17(16)28-29(21,26-5)27-6)7-8-15-12-18(23-2)20(25-4)19(13-15)24-3/h7-13H,1-6H3/b8-7-. The van der Waals surface area contributed by atoms with Crippen LogP contribution in [0.2, 0.25) is 0 Å². The highest BCUT2D eigenvalue weighted by atomic mass is 31.2. The van der Waals surface area contributed by atoms with Gasteiger partial charge in [0.2, 0.25) is 5.75 Å². The van der Waals surface area contributed by atoms with Crippen molar-refractivity contribution in [1.29, 1.82) is 0 Å². The Morgan fingerprint density at radius 1 is 0.655 bits per heavy atom. The number of hydrogen-bond donors (Lipinski definition) is 0. The highest BCUT2D eigenvalue weighted by molar-refractivity contribution is 7.48. The first-order valence-electron chi connectivity index (χ1n) is 8.50. The summed E-state index contributed by atoms with van der Waals surface area (Å²) in [5.41, 5.74) is 1.60. The van der Waals surface area contributed by atoms with Gasteiger partial charge in [0.25, 0.3) is 0 Å². The van der Waals surface area contributed by atoms with E-state index in [2.05, 4.69) is 0 Å². The predicted octanol–water partition coefficient (Wildman–Crippen LogP) is 4.67.